The smallest absolute Gasteiger partial charge is 0.416 e. The van der Waals surface area contributed by atoms with Crippen molar-refractivity contribution in [2.24, 2.45) is 0 Å². The van der Waals surface area contributed by atoms with E-state index in [1.807, 2.05) is 6.92 Å². The SMILES string of the molecule is CCCCC(Oc1ccc(Oc2ccc(C(F)(F)F)cc2)cc1)C(=O)O. The van der Waals surface area contributed by atoms with Crippen molar-refractivity contribution < 1.29 is 32.5 Å². The van der Waals surface area contributed by atoms with Crippen molar-refractivity contribution in [2.45, 2.75) is 38.5 Å². The summed E-state index contributed by atoms with van der Waals surface area (Å²) < 4.78 is 48.5. The quantitative estimate of drug-likeness (QED) is 0.667. The highest BCUT2D eigenvalue weighted by atomic mass is 19.4. The minimum absolute atomic E-state index is 0.262. The molecule has 0 aliphatic rings. The van der Waals surface area contributed by atoms with Gasteiger partial charge in [0.15, 0.2) is 6.10 Å². The summed E-state index contributed by atoms with van der Waals surface area (Å²) in [5, 5.41) is 9.16. The second kappa shape index (κ2) is 8.60. The van der Waals surface area contributed by atoms with E-state index in [9.17, 15) is 18.0 Å². The van der Waals surface area contributed by atoms with Crippen LogP contribution in [0.3, 0.4) is 0 Å². The molecule has 0 saturated carbocycles. The van der Waals surface area contributed by atoms with Gasteiger partial charge in [0.2, 0.25) is 0 Å². The van der Waals surface area contributed by atoms with E-state index >= 15 is 0 Å². The molecule has 0 aliphatic carbocycles. The van der Waals surface area contributed by atoms with Crippen LogP contribution in [0.5, 0.6) is 17.2 Å². The fraction of sp³-hybridized carbons (Fsp3) is 0.316. The van der Waals surface area contributed by atoms with Crippen LogP contribution in [-0.4, -0.2) is 17.2 Å². The van der Waals surface area contributed by atoms with Crippen molar-refractivity contribution in [1.29, 1.82) is 0 Å². The van der Waals surface area contributed by atoms with Crippen LogP contribution in [0.2, 0.25) is 0 Å². The molecule has 4 nitrogen and oxygen atoms in total. The van der Waals surface area contributed by atoms with Gasteiger partial charge >= 0.3 is 12.1 Å². The molecular formula is C19H19F3O4. The van der Waals surface area contributed by atoms with Gasteiger partial charge in [0.05, 0.1) is 5.56 Å². The number of carboxylic acid groups (broad SMARTS) is 1. The van der Waals surface area contributed by atoms with E-state index in [1.54, 1.807) is 24.3 Å². The van der Waals surface area contributed by atoms with Crippen molar-refractivity contribution in [3.05, 3.63) is 54.1 Å². The Morgan fingerprint density at radius 2 is 1.50 bits per heavy atom. The van der Waals surface area contributed by atoms with Gasteiger partial charge in [-0.25, -0.2) is 4.79 Å². The highest BCUT2D eigenvalue weighted by molar-refractivity contribution is 5.72. The summed E-state index contributed by atoms with van der Waals surface area (Å²) in [5.41, 5.74) is -0.750. The van der Waals surface area contributed by atoms with Crippen molar-refractivity contribution in [2.75, 3.05) is 0 Å². The minimum Gasteiger partial charge on any atom is -0.479 e. The third kappa shape index (κ3) is 5.68. The number of aliphatic carboxylic acids is 1. The zero-order valence-corrected chi connectivity index (χ0v) is 14.1. The van der Waals surface area contributed by atoms with Crippen LogP contribution in [0.1, 0.15) is 31.7 Å². The Hall–Kier alpha value is -2.70. The van der Waals surface area contributed by atoms with Crippen LogP contribution >= 0.6 is 0 Å². The molecule has 0 amide bonds. The third-order valence-corrected chi connectivity index (χ3v) is 3.61. The molecule has 0 aromatic heterocycles. The lowest BCUT2D eigenvalue weighted by atomic mass is 10.1. The normalized spacial score (nSPS) is 12.5. The molecule has 7 heteroatoms. The predicted molar refractivity (Wildman–Crippen MR) is 89.5 cm³/mol. The lowest BCUT2D eigenvalue weighted by Crippen LogP contribution is -2.26. The average molecular weight is 368 g/mol. The topological polar surface area (TPSA) is 55.8 Å². The molecule has 1 atom stereocenters. The minimum atomic E-state index is -4.39. The Morgan fingerprint density at radius 1 is 1.00 bits per heavy atom. The standard InChI is InChI=1S/C19H19F3O4/c1-2-3-4-17(18(23)24)26-16-11-9-15(10-12-16)25-14-7-5-13(6-8-14)19(20,21)22/h5-12,17H,2-4H2,1H3,(H,23,24). The summed E-state index contributed by atoms with van der Waals surface area (Å²) in [6.45, 7) is 1.96. The third-order valence-electron chi connectivity index (χ3n) is 3.61. The van der Waals surface area contributed by atoms with Gasteiger partial charge in [0, 0.05) is 0 Å². The summed E-state index contributed by atoms with van der Waals surface area (Å²) in [6.07, 6.45) is -3.29. The molecule has 0 fully saturated rings. The Labute approximate surface area is 149 Å². The van der Waals surface area contributed by atoms with E-state index < -0.39 is 23.8 Å². The number of carboxylic acids is 1. The molecule has 2 aromatic rings. The first kappa shape index (κ1) is 19.6. The number of alkyl halides is 3. The summed E-state index contributed by atoms with van der Waals surface area (Å²) in [6, 6.07) is 10.6. The first-order valence-corrected chi connectivity index (χ1v) is 8.14. The van der Waals surface area contributed by atoms with Crippen LogP contribution in [0.4, 0.5) is 13.2 Å². The molecule has 140 valence electrons. The van der Waals surface area contributed by atoms with Crippen molar-refractivity contribution in [3.8, 4) is 17.2 Å². The molecule has 0 heterocycles. The zero-order valence-electron chi connectivity index (χ0n) is 14.1. The molecule has 26 heavy (non-hydrogen) atoms. The first-order valence-electron chi connectivity index (χ1n) is 8.14. The van der Waals surface area contributed by atoms with E-state index in [1.165, 1.54) is 12.1 Å². The predicted octanol–water partition coefficient (Wildman–Crippen LogP) is 5.52. The van der Waals surface area contributed by atoms with Gasteiger partial charge in [0.1, 0.15) is 17.2 Å². The van der Waals surface area contributed by atoms with Gasteiger partial charge in [-0.1, -0.05) is 13.3 Å². The Bertz CT molecular complexity index is 709. The van der Waals surface area contributed by atoms with E-state index in [2.05, 4.69) is 0 Å². The number of ether oxygens (including phenoxy) is 2. The maximum Gasteiger partial charge on any atom is 0.416 e. The van der Waals surface area contributed by atoms with E-state index in [-0.39, 0.29) is 5.75 Å². The molecule has 0 radical (unpaired) electrons. The largest absolute Gasteiger partial charge is 0.479 e. The van der Waals surface area contributed by atoms with Crippen LogP contribution in [-0.2, 0) is 11.0 Å². The van der Waals surface area contributed by atoms with Crippen molar-refractivity contribution in [1.82, 2.24) is 0 Å². The van der Waals surface area contributed by atoms with Gasteiger partial charge in [-0.05, 0) is 61.4 Å². The van der Waals surface area contributed by atoms with Crippen LogP contribution < -0.4 is 9.47 Å². The number of unbranched alkanes of at least 4 members (excludes halogenated alkanes) is 1. The number of hydrogen-bond donors (Lipinski definition) is 1. The molecule has 1 N–H and O–H groups in total. The fourth-order valence-corrected chi connectivity index (χ4v) is 2.22. The lowest BCUT2D eigenvalue weighted by molar-refractivity contribution is -0.145. The van der Waals surface area contributed by atoms with E-state index in [4.69, 9.17) is 14.6 Å². The van der Waals surface area contributed by atoms with Crippen molar-refractivity contribution in [3.63, 3.8) is 0 Å². The van der Waals surface area contributed by atoms with Gasteiger partial charge in [0.25, 0.3) is 0 Å². The van der Waals surface area contributed by atoms with Gasteiger partial charge < -0.3 is 14.6 Å². The van der Waals surface area contributed by atoms with Crippen LogP contribution in [0.15, 0.2) is 48.5 Å². The second-order valence-corrected chi connectivity index (χ2v) is 5.68. The maximum absolute atomic E-state index is 12.5. The van der Waals surface area contributed by atoms with Gasteiger partial charge in [-0.3, -0.25) is 0 Å². The molecule has 0 saturated heterocycles. The number of rotatable bonds is 8. The van der Waals surface area contributed by atoms with Crippen LogP contribution in [0.25, 0.3) is 0 Å². The van der Waals surface area contributed by atoms with Gasteiger partial charge in [-0.2, -0.15) is 13.2 Å². The Kier molecular flexibility index (Phi) is 6.49. The molecule has 0 aliphatic heterocycles. The van der Waals surface area contributed by atoms with Crippen LogP contribution in [0, 0.1) is 0 Å². The summed E-state index contributed by atoms with van der Waals surface area (Å²) >= 11 is 0. The van der Waals surface area contributed by atoms with E-state index in [0.29, 0.717) is 17.9 Å². The highest BCUT2D eigenvalue weighted by Gasteiger charge is 2.30. The number of carbonyl (C=O) groups is 1. The molecular weight excluding hydrogens is 349 g/mol. The number of halogens is 3. The van der Waals surface area contributed by atoms with Gasteiger partial charge in [-0.15, -0.1) is 0 Å². The molecule has 0 bridgehead atoms. The number of hydrogen-bond acceptors (Lipinski definition) is 3. The monoisotopic (exact) mass is 368 g/mol. The summed E-state index contributed by atoms with van der Waals surface area (Å²) in [5.74, 6) is 0.0207. The molecule has 2 aromatic carbocycles. The van der Waals surface area contributed by atoms with Crippen molar-refractivity contribution >= 4 is 5.97 Å². The number of benzene rings is 2. The molecule has 2 rings (SSSR count). The lowest BCUT2D eigenvalue weighted by Gasteiger charge is -2.15. The van der Waals surface area contributed by atoms with E-state index in [0.717, 1.165) is 25.0 Å². The first-order chi connectivity index (χ1) is 12.3. The Balaban J connectivity index is 1.99. The molecule has 0 spiro atoms. The zero-order chi connectivity index (χ0) is 19.2. The summed E-state index contributed by atoms with van der Waals surface area (Å²) in [7, 11) is 0. The second-order valence-electron chi connectivity index (χ2n) is 5.68. The average Bonchev–Trinajstić information content (AvgIpc) is 2.59. The molecule has 1 unspecified atom stereocenters. The summed E-state index contributed by atoms with van der Waals surface area (Å²) in [4.78, 5) is 11.2. The fourth-order valence-electron chi connectivity index (χ4n) is 2.22. The Morgan fingerprint density at radius 3 is 1.96 bits per heavy atom. The highest BCUT2D eigenvalue weighted by Crippen LogP contribution is 2.31. The maximum atomic E-state index is 12.5.